The van der Waals surface area contributed by atoms with Crippen LogP contribution in [0.25, 0.3) is 0 Å². The average Bonchev–Trinajstić information content (AvgIpc) is 2.54. The van der Waals surface area contributed by atoms with E-state index in [1.165, 1.54) is 30.7 Å². The van der Waals surface area contributed by atoms with Crippen LogP contribution in [0, 0.1) is 6.92 Å². The zero-order valence-electron chi connectivity index (χ0n) is 16.5. The van der Waals surface area contributed by atoms with Crippen molar-refractivity contribution in [2.45, 2.75) is 85.1 Å². The van der Waals surface area contributed by atoms with Gasteiger partial charge >= 0.3 is 0 Å². The molecule has 0 heterocycles. The van der Waals surface area contributed by atoms with E-state index in [0.717, 1.165) is 18.4 Å². The predicted octanol–water partition coefficient (Wildman–Crippen LogP) is 5.02. The molecule has 0 aliphatic heterocycles. The van der Waals surface area contributed by atoms with E-state index in [1.807, 2.05) is 45.9 Å². The van der Waals surface area contributed by atoms with Gasteiger partial charge in [-0.2, -0.15) is 0 Å². The molecule has 0 aliphatic rings. The zero-order chi connectivity index (χ0) is 18.9. The first-order valence-corrected chi connectivity index (χ1v) is 9.46. The Hall–Kier alpha value is -1.84. The molecule has 140 valence electrons. The van der Waals surface area contributed by atoms with Gasteiger partial charge in [-0.15, -0.1) is 0 Å². The molecule has 0 radical (unpaired) electrons. The fourth-order valence-corrected chi connectivity index (χ4v) is 2.68. The maximum absolute atomic E-state index is 12.8. The number of nitrogens with zero attached hydrogens (tertiary/aromatic N) is 1. The minimum absolute atomic E-state index is 0.0913. The number of nitrogens with one attached hydrogen (secondary N) is 1. The molecular formula is C21H34N2O2. The van der Waals surface area contributed by atoms with Crippen molar-refractivity contribution in [2.24, 2.45) is 0 Å². The minimum Gasteiger partial charge on any atom is -0.273 e. The molecular weight excluding hydrogens is 312 g/mol. The van der Waals surface area contributed by atoms with Crippen molar-refractivity contribution in [3.63, 3.8) is 0 Å². The van der Waals surface area contributed by atoms with Gasteiger partial charge in [0.05, 0.1) is 5.54 Å². The lowest BCUT2D eigenvalue weighted by Crippen LogP contribution is -2.55. The molecule has 1 rings (SSSR count). The van der Waals surface area contributed by atoms with Crippen LogP contribution >= 0.6 is 0 Å². The van der Waals surface area contributed by atoms with Crippen molar-refractivity contribution in [2.75, 3.05) is 0 Å². The fourth-order valence-electron chi connectivity index (χ4n) is 2.68. The molecule has 0 aliphatic carbocycles. The monoisotopic (exact) mass is 346 g/mol. The van der Waals surface area contributed by atoms with Crippen molar-refractivity contribution < 1.29 is 9.59 Å². The number of rotatable bonds is 8. The van der Waals surface area contributed by atoms with Crippen LogP contribution < -0.4 is 5.43 Å². The molecule has 0 aromatic heterocycles. The highest BCUT2D eigenvalue weighted by atomic mass is 16.2. The molecule has 0 atom stereocenters. The van der Waals surface area contributed by atoms with Gasteiger partial charge < -0.3 is 0 Å². The Balaban J connectivity index is 2.62. The number of amides is 2. The van der Waals surface area contributed by atoms with Gasteiger partial charge in [-0.1, -0.05) is 56.7 Å². The van der Waals surface area contributed by atoms with Crippen LogP contribution in [0.3, 0.4) is 0 Å². The van der Waals surface area contributed by atoms with Crippen LogP contribution in [0.15, 0.2) is 24.3 Å². The molecule has 4 heteroatoms. The molecule has 0 unspecified atom stereocenters. The van der Waals surface area contributed by atoms with E-state index in [0.29, 0.717) is 12.0 Å². The van der Waals surface area contributed by atoms with Gasteiger partial charge in [0, 0.05) is 12.0 Å². The highest BCUT2D eigenvalue weighted by Crippen LogP contribution is 2.16. The maximum atomic E-state index is 12.8. The summed E-state index contributed by atoms with van der Waals surface area (Å²) in [4.78, 5) is 25.1. The molecule has 1 N–H and O–H groups in total. The summed E-state index contributed by atoms with van der Waals surface area (Å²) in [6, 6.07) is 7.45. The number of hydrazine groups is 1. The average molecular weight is 347 g/mol. The molecule has 25 heavy (non-hydrogen) atoms. The van der Waals surface area contributed by atoms with Gasteiger partial charge in [0.1, 0.15) is 0 Å². The van der Waals surface area contributed by atoms with Gasteiger partial charge in [0.25, 0.3) is 5.91 Å². The lowest BCUT2D eigenvalue weighted by atomic mass is 10.1. The second-order valence-electron chi connectivity index (χ2n) is 7.73. The number of aryl methyl sites for hydroxylation is 1. The number of carbonyl (C=O) groups is 2. The Morgan fingerprint density at radius 3 is 2.28 bits per heavy atom. The highest BCUT2D eigenvalue weighted by molar-refractivity contribution is 5.96. The molecule has 0 saturated carbocycles. The molecule has 2 amide bonds. The van der Waals surface area contributed by atoms with E-state index < -0.39 is 5.54 Å². The summed E-state index contributed by atoms with van der Waals surface area (Å²) < 4.78 is 0. The molecule has 0 bridgehead atoms. The van der Waals surface area contributed by atoms with Gasteiger partial charge in [-0.3, -0.25) is 15.0 Å². The first kappa shape index (κ1) is 21.2. The van der Waals surface area contributed by atoms with Gasteiger partial charge in [-0.25, -0.2) is 5.01 Å². The van der Waals surface area contributed by atoms with Crippen LogP contribution in [0.2, 0.25) is 0 Å². The number of carbonyl (C=O) groups excluding carboxylic acids is 2. The van der Waals surface area contributed by atoms with E-state index >= 15 is 0 Å². The maximum Gasteiger partial charge on any atom is 0.272 e. The van der Waals surface area contributed by atoms with Crippen LogP contribution in [0.4, 0.5) is 0 Å². The quantitative estimate of drug-likeness (QED) is 0.531. The summed E-state index contributed by atoms with van der Waals surface area (Å²) in [5, 5.41) is 1.46. The lowest BCUT2D eigenvalue weighted by molar-refractivity contribution is -0.127. The van der Waals surface area contributed by atoms with Gasteiger partial charge in [-0.05, 0) is 46.2 Å². The van der Waals surface area contributed by atoms with E-state index in [9.17, 15) is 9.59 Å². The first-order valence-electron chi connectivity index (χ1n) is 9.46. The fraction of sp³-hybridized carbons (Fsp3) is 0.619. The van der Waals surface area contributed by atoms with Crippen molar-refractivity contribution >= 4 is 11.8 Å². The van der Waals surface area contributed by atoms with Crippen molar-refractivity contribution in [3.05, 3.63) is 35.4 Å². The van der Waals surface area contributed by atoms with Crippen LogP contribution in [-0.2, 0) is 4.79 Å². The summed E-state index contributed by atoms with van der Waals surface area (Å²) in [5.74, 6) is -0.265. The number of hydrogen-bond donors (Lipinski definition) is 1. The van der Waals surface area contributed by atoms with Crippen molar-refractivity contribution in [1.82, 2.24) is 10.4 Å². The highest BCUT2D eigenvalue weighted by Gasteiger charge is 2.29. The van der Waals surface area contributed by atoms with E-state index in [1.54, 1.807) is 6.07 Å². The van der Waals surface area contributed by atoms with Crippen LogP contribution in [-0.4, -0.2) is 22.4 Å². The predicted molar refractivity (Wildman–Crippen MR) is 103 cm³/mol. The van der Waals surface area contributed by atoms with Gasteiger partial charge in [0.15, 0.2) is 0 Å². The first-order chi connectivity index (χ1) is 11.8. The Labute approximate surface area is 153 Å². The molecule has 1 aromatic carbocycles. The third-order valence-corrected chi connectivity index (χ3v) is 4.13. The minimum atomic E-state index is -0.488. The van der Waals surface area contributed by atoms with Crippen molar-refractivity contribution in [3.8, 4) is 0 Å². The number of unbranched alkanes of at least 4 members (excludes halogenated alkanes) is 5. The third kappa shape index (κ3) is 7.72. The number of hydrogen-bond acceptors (Lipinski definition) is 2. The Kier molecular flexibility index (Phi) is 8.67. The SMILES string of the molecule is CCCCCCCCC(=O)NN(C(=O)c1cccc(C)c1)C(C)(C)C. The van der Waals surface area contributed by atoms with Gasteiger partial charge in [0.2, 0.25) is 5.91 Å². The summed E-state index contributed by atoms with van der Waals surface area (Å²) in [6.45, 7) is 9.91. The van der Waals surface area contributed by atoms with Crippen molar-refractivity contribution in [1.29, 1.82) is 0 Å². The second kappa shape index (κ2) is 10.2. The third-order valence-electron chi connectivity index (χ3n) is 4.13. The zero-order valence-corrected chi connectivity index (χ0v) is 16.5. The Morgan fingerprint density at radius 1 is 1.04 bits per heavy atom. The standard InChI is InChI=1S/C21H34N2O2/c1-6-7-8-9-10-11-15-19(24)22-23(21(3,4)5)20(25)18-14-12-13-17(2)16-18/h12-14,16H,6-11,15H2,1-5H3,(H,22,24). The lowest BCUT2D eigenvalue weighted by Gasteiger charge is -2.35. The Morgan fingerprint density at radius 2 is 1.68 bits per heavy atom. The number of benzene rings is 1. The van der Waals surface area contributed by atoms with E-state index in [-0.39, 0.29) is 11.8 Å². The molecule has 0 spiro atoms. The Bertz CT molecular complexity index is 561. The normalized spacial score (nSPS) is 11.2. The smallest absolute Gasteiger partial charge is 0.272 e. The largest absolute Gasteiger partial charge is 0.273 e. The molecule has 0 fully saturated rings. The topological polar surface area (TPSA) is 49.4 Å². The summed E-state index contributed by atoms with van der Waals surface area (Å²) in [6.07, 6.45) is 7.28. The van der Waals surface area contributed by atoms with E-state index in [4.69, 9.17) is 0 Å². The van der Waals surface area contributed by atoms with Crippen LogP contribution in [0.1, 0.15) is 88.6 Å². The molecule has 1 aromatic rings. The summed E-state index contributed by atoms with van der Waals surface area (Å²) in [7, 11) is 0. The second-order valence-corrected chi connectivity index (χ2v) is 7.73. The molecule has 0 saturated heterocycles. The van der Waals surface area contributed by atoms with Crippen LogP contribution in [0.5, 0.6) is 0 Å². The van der Waals surface area contributed by atoms with E-state index in [2.05, 4.69) is 12.3 Å². The summed E-state index contributed by atoms with van der Waals surface area (Å²) in [5.41, 5.74) is 3.95. The summed E-state index contributed by atoms with van der Waals surface area (Å²) >= 11 is 0. The molecule has 4 nitrogen and oxygen atoms in total.